The summed E-state index contributed by atoms with van der Waals surface area (Å²) in [6.07, 6.45) is 7.76. The quantitative estimate of drug-likeness (QED) is 0.521. The molecule has 31 heavy (non-hydrogen) atoms. The van der Waals surface area contributed by atoms with Crippen LogP contribution in [0.15, 0.2) is 58.5 Å². The Morgan fingerprint density at radius 2 is 1.10 bits per heavy atom. The van der Waals surface area contributed by atoms with Crippen LogP contribution in [0, 0.1) is 10.2 Å². The van der Waals surface area contributed by atoms with E-state index >= 15 is 0 Å². The standard InChI is InChI=1S/C20H22N2O2.ClHO4.Cr.O/c23-19-11-5-1-7-15(19)13-21-17-9-3-4-10-18(17)22-14-16-8-2-6-12-20(16)24;2-1(3,4)5;;/h1-2,5-8,11-14,17-18,23-24H,3-4,9-10H2;(H,2,3,4,5);;/p-1/t17-,18-;;;/m0.../s1. The van der Waals surface area contributed by atoms with Crippen molar-refractivity contribution in [2.24, 2.45) is 9.98 Å². The van der Waals surface area contributed by atoms with E-state index in [0.717, 1.165) is 36.8 Å². The number of nitrogens with zero attached hydrogens (tertiary/aromatic N) is 2. The zero-order valence-electron chi connectivity index (χ0n) is 16.4. The fraction of sp³-hybridized carbons (Fsp3) is 0.300. The molecule has 0 amide bonds. The molecule has 2 aromatic carbocycles. The van der Waals surface area contributed by atoms with Gasteiger partial charge in [0.15, 0.2) is 0 Å². The Kier molecular flexibility index (Phi) is 12.1. The van der Waals surface area contributed by atoms with E-state index < -0.39 is 10.2 Å². The second-order valence-corrected chi connectivity index (χ2v) is 7.23. The topological polar surface area (TPSA) is 174 Å². The third-order valence-electron chi connectivity index (χ3n) is 4.38. The average molecular weight is 490 g/mol. The van der Waals surface area contributed by atoms with Crippen LogP contribution >= 0.6 is 0 Å². The van der Waals surface area contributed by atoms with Gasteiger partial charge in [0, 0.05) is 23.6 Å². The molecule has 0 saturated heterocycles. The summed E-state index contributed by atoms with van der Waals surface area (Å²) in [7, 11) is -4.94. The fourth-order valence-corrected chi connectivity index (χ4v) is 2.98. The van der Waals surface area contributed by atoms with Crippen LogP contribution in [-0.4, -0.2) is 34.7 Å². The van der Waals surface area contributed by atoms with Gasteiger partial charge in [-0.05, 0) is 37.1 Å². The van der Waals surface area contributed by atoms with Crippen molar-refractivity contribution >= 4 is 12.4 Å². The van der Waals surface area contributed by atoms with Gasteiger partial charge < -0.3 is 10.2 Å². The predicted octanol–water partition coefficient (Wildman–Crippen LogP) is -0.930. The van der Waals surface area contributed by atoms with Crippen LogP contribution < -0.4 is 18.6 Å². The molecule has 1 aliphatic rings. The van der Waals surface area contributed by atoms with Gasteiger partial charge >= 0.3 is 20.0 Å². The molecule has 0 spiro atoms. The summed E-state index contributed by atoms with van der Waals surface area (Å²) in [5, 5.41) is 19.7. The summed E-state index contributed by atoms with van der Waals surface area (Å²) in [5.41, 5.74) is 1.46. The summed E-state index contributed by atoms with van der Waals surface area (Å²) in [6.45, 7) is 0. The van der Waals surface area contributed by atoms with Crippen molar-refractivity contribution in [2.75, 3.05) is 0 Å². The number of para-hydroxylation sites is 2. The molecule has 3 rings (SSSR count). The second kappa shape index (κ2) is 14.0. The van der Waals surface area contributed by atoms with E-state index in [9.17, 15) is 10.2 Å². The first kappa shape index (κ1) is 26.9. The molecule has 11 heteroatoms. The van der Waals surface area contributed by atoms with Crippen molar-refractivity contribution in [1.29, 1.82) is 0 Å². The van der Waals surface area contributed by atoms with Gasteiger partial charge in [-0.25, -0.2) is 18.6 Å². The molecule has 0 aliphatic heterocycles. The van der Waals surface area contributed by atoms with Gasteiger partial charge in [-0.1, -0.05) is 37.1 Å². The average Bonchev–Trinajstić information content (AvgIpc) is 2.73. The Morgan fingerprint density at radius 1 is 0.774 bits per heavy atom. The first-order chi connectivity index (χ1) is 14.7. The summed E-state index contributed by atoms with van der Waals surface area (Å²) < 4.78 is 42.1. The first-order valence-corrected chi connectivity index (χ1v) is 10.9. The fourth-order valence-electron chi connectivity index (χ4n) is 2.98. The van der Waals surface area contributed by atoms with Gasteiger partial charge in [0.1, 0.15) is 11.5 Å². The van der Waals surface area contributed by atoms with Gasteiger partial charge in [0.2, 0.25) is 0 Å². The van der Waals surface area contributed by atoms with Gasteiger partial charge in [0.05, 0.1) is 12.1 Å². The van der Waals surface area contributed by atoms with Gasteiger partial charge in [-0.3, -0.25) is 9.98 Å². The number of hydrogen-bond donors (Lipinski definition) is 2. The summed E-state index contributed by atoms with van der Waals surface area (Å²) in [6, 6.07) is 14.6. The molecule has 2 atom stereocenters. The number of halogens is 1. The SMILES string of the molecule is Oc1ccccc1C=N[C@H]1CCCC[C@@H]1N=Cc1ccccc1O.[O-][Cl+3]([O-])([O-])[O-].[O]=[Cr]. The van der Waals surface area contributed by atoms with Crippen molar-refractivity contribution in [3.63, 3.8) is 0 Å². The van der Waals surface area contributed by atoms with Crippen LogP contribution in [0.2, 0.25) is 0 Å². The van der Waals surface area contributed by atoms with E-state index in [0.29, 0.717) is 0 Å². The Hall–Kier alpha value is -2.16. The van der Waals surface area contributed by atoms with E-state index in [2.05, 4.69) is 9.98 Å². The van der Waals surface area contributed by atoms with Crippen molar-refractivity contribution in [2.45, 2.75) is 37.8 Å². The monoisotopic (exact) mass is 489 g/mol. The molecule has 2 N–H and O–H groups in total. The second-order valence-electron chi connectivity index (χ2n) is 6.47. The van der Waals surface area contributed by atoms with E-state index in [-0.39, 0.29) is 23.6 Å². The molecular weight excluding hydrogens is 468 g/mol. The number of phenolic OH excluding ortho intramolecular Hbond substituents is 2. The number of hydrogen-bond acceptors (Lipinski definition) is 9. The van der Waals surface area contributed by atoms with E-state index in [1.54, 1.807) is 36.7 Å². The Bertz CT molecular complexity index is 792. The van der Waals surface area contributed by atoms with Crippen LogP contribution in [0.3, 0.4) is 0 Å². The number of rotatable bonds is 4. The minimum atomic E-state index is -4.94. The third kappa shape index (κ3) is 11.1. The zero-order valence-corrected chi connectivity index (χ0v) is 18.4. The minimum absolute atomic E-state index is 0.112. The Labute approximate surface area is 190 Å². The predicted molar refractivity (Wildman–Crippen MR) is 98.1 cm³/mol. The zero-order chi connectivity index (χ0) is 23.3. The van der Waals surface area contributed by atoms with Crippen LogP contribution in [0.4, 0.5) is 0 Å². The van der Waals surface area contributed by atoms with Gasteiger partial charge in [-0.15, -0.1) is 10.2 Å². The molecule has 0 heterocycles. The van der Waals surface area contributed by atoms with Gasteiger partial charge in [-0.2, -0.15) is 0 Å². The van der Waals surface area contributed by atoms with Crippen LogP contribution in [-0.2, 0) is 20.0 Å². The molecule has 0 radical (unpaired) electrons. The summed E-state index contributed by atoms with van der Waals surface area (Å²) in [4.78, 5) is 9.34. The maximum absolute atomic E-state index is 9.84. The van der Waals surface area contributed by atoms with E-state index in [1.807, 2.05) is 24.3 Å². The Balaban J connectivity index is 0.000000605. The summed E-state index contributed by atoms with van der Waals surface area (Å²) >= 11 is 1.38. The summed E-state index contributed by atoms with van der Waals surface area (Å²) in [5.74, 6) is 0.484. The molecule has 168 valence electrons. The molecule has 1 fully saturated rings. The maximum atomic E-state index is 9.84. The van der Waals surface area contributed by atoms with E-state index in [1.165, 1.54) is 16.2 Å². The van der Waals surface area contributed by atoms with E-state index in [4.69, 9.17) is 22.4 Å². The van der Waals surface area contributed by atoms with Crippen LogP contribution in [0.5, 0.6) is 11.5 Å². The van der Waals surface area contributed by atoms with Crippen molar-refractivity contribution in [1.82, 2.24) is 0 Å². The number of benzene rings is 2. The molecule has 1 aliphatic carbocycles. The third-order valence-corrected chi connectivity index (χ3v) is 4.38. The molecule has 0 bridgehead atoms. The normalized spacial score (nSPS) is 18.7. The van der Waals surface area contributed by atoms with Crippen molar-refractivity contribution in [3.8, 4) is 11.5 Å². The van der Waals surface area contributed by atoms with Crippen LogP contribution in [0.25, 0.3) is 0 Å². The van der Waals surface area contributed by atoms with Crippen LogP contribution in [0.1, 0.15) is 36.8 Å². The molecule has 1 saturated carbocycles. The van der Waals surface area contributed by atoms with Gasteiger partial charge in [0.25, 0.3) is 0 Å². The van der Waals surface area contributed by atoms with Crippen molar-refractivity contribution in [3.05, 3.63) is 59.7 Å². The molecule has 9 nitrogen and oxygen atoms in total. The number of phenols is 2. The first-order valence-electron chi connectivity index (χ1n) is 9.15. The molecule has 0 aromatic heterocycles. The van der Waals surface area contributed by atoms with Crippen molar-refractivity contribution < 1.29 is 59.1 Å². The molecular formula is C20H22ClCrN2O7-. The number of aromatic hydroxyl groups is 2. The Morgan fingerprint density at radius 3 is 1.42 bits per heavy atom. The molecule has 0 unspecified atom stereocenters. The number of aliphatic imine (C=N–C) groups is 2. The molecule has 2 aromatic rings.